The third-order valence-corrected chi connectivity index (χ3v) is 2.44. The number of halogens is 2. The van der Waals surface area contributed by atoms with Crippen LogP contribution in [0.3, 0.4) is 0 Å². The van der Waals surface area contributed by atoms with Crippen molar-refractivity contribution >= 4 is 11.6 Å². The van der Waals surface area contributed by atoms with Crippen LogP contribution < -0.4 is 0 Å². The summed E-state index contributed by atoms with van der Waals surface area (Å²) >= 11 is 5.65. The van der Waals surface area contributed by atoms with Crippen molar-refractivity contribution in [2.75, 3.05) is 0 Å². The Morgan fingerprint density at radius 1 is 1.47 bits per heavy atom. The summed E-state index contributed by atoms with van der Waals surface area (Å²) in [4.78, 5) is 0. The predicted octanol–water partition coefficient (Wildman–Crippen LogP) is 1.71. The van der Waals surface area contributed by atoms with Crippen LogP contribution in [-0.4, -0.2) is 16.3 Å². The van der Waals surface area contributed by atoms with Crippen LogP contribution >= 0.6 is 11.6 Å². The quantitative estimate of drug-likeness (QED) is 0.759. The molecule has 2 N–H and O–H groups in total. The largest absolute Gasteiger partial charge is 0.384 e. The van der Waals surface area contributed by atoms with Crippen LogP contribution in [0.1, 0.15) is 17.2 Å². The van der Waals surface area contributed by atoms with E-state index in [4.69, 9.17) is 22.0 Å². The smallest absolute Gasteiger partial charge is 0.170 e. The Hall–Kier alpha value is -1.15. The lowest BCUT2D eigenvalue weighted by molar-refractivity contribution is 0.0503. The number of hydrogen-bond donors (Lipinski definition) is 2. The number of nitrogens with zero attached hydrogens (tertiary/aromatic N) is 1. The van der Waals surface area contributed by atoms with Crippen LogP contribution in [0.25, 0.3) is 0 Å². The van der Waals surface area contributed by atoms with E-state index in [-0.39, 0.29) is 10.6 Å². The number of rotatable bonds is 2. The van der Waals surface area contributed by atoms with Gasteiger partial charge in [-0.1, -0.05) is 11.6 Å². The van der Waals surface area contributed by atoms with Gasteiger partial charge in [-0.05, 0) is 24.6 Å². The van der Waals surface area contributed by atoms with Crippen LogP contribution in [-0.2, 0) is 0 Å². The average Bonchev–Trinajstić information content (AvgIpc) is 2.21. The van der Waals surface area contributed by atoms with Gasteiger partial charge in [-0.2, -0.15) is 5.26 Å². The SMILES string of the molecule is Cc1cc(C(O)C(O)C#N)c(F)cc1Cl. The van der Waals surface area contributed by atoms with E-state index in [1.165, 1.54) is 12.1 Å². The summed E-state index contributed by atoms with van der Waals surface area (Å²) in [5.74, 6) is -0.743. The first kappa shape index (κ1) is 11.9. The second-order valence-electron chi connectivity index (χ2n) is 3.14. The second-order valence-corrected chi connectivity index (χ2v) is 3.55. The molecule has 2 atom stereocenters. The van der Waals surface area contributed by atoms with Crippen molar-refractivity contribution in [3.8, 4) is 6.07 Å². The number of hydrogen-bond acceptors (Lipinski definition) is 3. The van der Waals surface area contributed by atoms with E-state index in [1.807, 2.05) is 0 Å². The van der Waals surface area contributed by atoms with Crippen molar-refractivity contribution in [2.45, 2.75) is 19.1 Å². The Kier molecular flexibility index (Phi) is 3.64. The van der Waals surface area contributed by atoms with Gasteiger partial charge in [0, 0.05) is 10.6 Å². The van der Waals surface area contributed by atoms with Gasteiger partial charge in [-0.3, -0.25) is 0 Å². The molecule has 3 nitrogen and oxygen atoms in total. The molecule has 0 heterocycles. The standard InChI is InChI=1S/C10H9ClFNO2/c1-5-2-6(8(12)3-7(5)11)10(15)9(14)4-13/h2-3,9-10,14-15H,1H3. The van der Waals surface area contributed by atoms with Crippen LogP contribution in [0.4, 0.5) is 4.39 Å². The van der Waals surface area contributed by atoms with E-state index in [0.717, 1.165) is 6.07 Å². The van der Waals surface area contributed by atoms with Crippen molar-refractivity contribution in [3.05, 3.63) is 34.1 Å². The molecule has 0 aromatic heterocycles. The molecule has 0 radical (unpaired) electrons. The van der Waals surface area contributed by atoms with Crippen molar-refractivity contribution in [1.29, 1.82) is 5.26 Å². The summed E-state index contributed by atoms with van der Waals surface area (Å²) in [5, 5.41) is 27.1. The lowest BCUT2D eigenvalue weighted by atomic mass is 10.0. The molecule has 15 heavy (non-hydrogen) atoms. The fourth-order valence-electron chi connectivity index (χ4n) is 1.15. The van der Waals surface area contributed by atoms with Crippen LogP contribution in [0.15, 0.2) is 12.1 Å². The monoisotopic (exact) mass is 229 g/mol. The average molecular weight is 230 g/mol. The van der Waals surface area contributed by atoms with Crippen LogP contribution in [0, 0.1) is 24.1 Å². The molecule has 2 unspecified atom stereocenters. The Balaban J connectivity index is 3.16. The van der Waals surface area contributed by atoms with Crippen molar-refractivity contribution in [1.82, 2.24) is 0 Å². The van der Waals surface area contributed by atoms with Gasteiger partial charge in [0.2, 0.25) is 0 Å². The van der Waals surface area contributed by atoms with E-state index in [1.54, 1.807) is 6.92 Å². The maximum Gasteiger partial charge on any atom is 0.170 e. The minimum absolute atomic E-state index is 0.133. The van der Waals surface area contributed by atoms with Gasteiger partial charge in [0.15, 0.2) is 6.10 Å². The van der Waals surface area contributed by atoms with Gasteiger partial charge in [0.1, 0.15) is 11.9 Å². The summed E-state index contributed by atoms with van der Waals surface area (Å²) in [6, 6.07) is 3.78. The van der Waals surface area contributed by atoms with Gasteiger partial charge in [-0.15, -0.1) is 0 Å². The fraction of sp³-hybridized carbons (Fsp3) is 0.300. The normalized spacial score (nSPS) is 14.4. The molecule has 0 bridgehead atoms. The summed E-state index contributed by atoms with van der Waals surface area (Å²) in [6.07, 6.45) is -3.22. The highest BCUT2D eigenvalue weighted by molar-refractivity contribution is 6.31. The van der Waals surface area contributed by atoms with Crippen molar-refractivity contribution in [3.63, 3.8) is 0 Å². The van der Waals surface area contributed by atoms with Crippen LogP contribution in [0.2, 0.25) is 5.02 Å². The summed E-state index contributed by atoms with van der Waals surface area (Å²) < 4.78 is 13.3. The number of benzene rings is 1. The Morgan fingerprint density at radius 2 is 2.07 bits per heavy atom. The highest BCUT2D eigenvalue weighted by atomic mass is 35.5. The Morgan fingerprint density at radius 3 is 2.60 bits per heavy atom. The number of nitriles is 1. The Bertz CT molecular complexity index is 417. The molecule has 0 aliphatic heterocycles. The summed E-state index contributed by atoms with van der Waals surface area (Å²) in [7, 11) is 0. The molecule has 0 saturated carbocycles. The lowest BCUT2D eigenvalue weighted by Crippen LogP contribution is -2.17. The zero-order valence-electron chi connectivity index (χ0n) is 7.91. The molecular formula is C10H9ClFNO2. The number of aryl methyl sites for hydroxylation is 1. The molecule has 1 aromatic carbocycles. The summed E-state index contributed by atoms with van der Waals surface area (Å²) in [6.45, 7) is 1.64. The van der Waals surface area contributed by atoms with Gasteiger partial charge in [-0.25, -0.2) is 4.39 Å². The van der Waals surface area contributed by atoms with Gasteiger partial charge >= 0.3 is 0 Å². The van der Waals surface area contributed by atoms with Gasteiger partial charge in [0.05, 0.1) is 6.07 Å². The third-order valence-electron chi connectivity index (χ3n) is 2.03. The van der Waals surface area contributed by atoms with E-state index >= 15 is 0 Å². The highest BCUT2D eigenvalue weighted by Crippen LogP contribution is 2.25. The maximum atomic E-state index is 13.3. The van der Waals surface area contributed by atoms with E-state index in [0.29, 0.717) is 5.56 Å². The predicted molar refractivity (Wildman–Crippen MR) is 52.7 cm³/mol. The first-order valence-electron chi connectivity index (χ1n) is 4.18. The molecular weight excluding hydrogens is 221 g/mol. The molecule has 0 amide bonds. The van der Waals surface area contributed by atoms with Crippen molar-refractivity contribution in [2.24, 2.45) is 0 Å². The minimum Gasteiger partial charge on any atom is -0.384 e. The molecule has 0 aliphatic carbocycles. The molecule has 0 saturated heterocycles. The van der Waals surface area contributed by atoms with Gasteiger partial charge < -0.3 is 10.2 Å². The molecule has 80 valence electrons. The van der Waals surface area contributed by atoms with E-state index < -0.39 is 18.0 Å². The number of aliphatic hydroxyl groups excluding tert-OH is 2. The zero-order chi connectivity index (χ0) is 11.6. The highest BCUT2D eigenvalue weighted by Gasteiger charge is 2.21. The molecule has 1 rings (SSSR count). The number of aliphatic hydroxyl groups is 2. The molecule has 0 aliphatic rings. The third kappa shape index (κ3) is 2.45. The van der Waals surface area contributed by atoms with E-state index in [9.17, 15) is 9.50 Å². The Labute approximate surface area is 91.3 Å². The molecule has 5 heteroatoms. The first-order valence-corrected chi connectivity index (χ1v) is 4.56. The first-order chi connectivity index (χ1) is 6.97. The zero-order valence-corrected chi connectivity index (χ0v) is 8.66. The molecule has 0 fully saturated rings. The van der Waals surface area contributed by atoms with Gasteiger partial charge in [0.25, 0.3) is 0 Å². The lowest BCUT2D eigenvalue weighted by Gasteiger charge is -2.14. The topological polar surface area (TPSA) is 64.2 Å². The minimum atomic E-state index is -1.65. The maximum absolute atomic E-state index is 13.3. The molecule has 0 spiro atoms. The van der Waals surface area contributed by atoms with Crippen LogP contribution in [0.5, 0.6) is 0 Å². The van der Waals surface area contributed by atoms with Crippen molar-refractivity contribution < 1.29 is 14.6 Å². The second kappa shape index (κ2) is 4.58. The summed E-state index contributed by atoms with van der Waals surface area (Å²) in [5.41, 5.74) is 0.434. The molecule has 1 aromatic rings. The van der Waals surface area contributed by atoms with E-state index in [2.05, 4.69) is 0 Å². The fourth-order valence-corrected chi connectivity index (χ4v) is 1.30.